The number of carbonyl (C=O) groups excluding carboxylic acids is 1. The van der Waals surface area contributed by atoms with Crippen LogP contribution < -0.4 is 10.2 Å². The Labute approximate surface area is 172 Å². The monoisotopic (exact) mass is 396 g/mol. The minimum Gasteiger partial charge on any atom is -0.309 e. The van der Waals surface area contributed by atoms with Crippen molar-refractivity contribution in [1.82, 2.24) is 19.8 Å². The van der Waals surface area contributed by atoms with E-state index in [2.05, 4.69) is 48.2 Å². The molecule has 0 saturated carbocycles. The predicted molar refractivity (Wildman–Crippen MR) is 115 cm³/mol. The topological polar surface area (TPSA) is 76.7 Å². The Hall–Kier alpha value is -2.41. The van der Waals surface area contributed by atoms with Gasteiger partial charge in [-0.25, -0.2) is 4.52 Å². The molecule has 156 valence electrons. The van der Waals surface area contributed by atoms with E-state index in [9.17, 15) is 4.79 Å². The molecule has 0 bridgehead atoms. The third-order valence-electron chi connectivity index (χ3n) is 6.66. The van der Waals surface area contributed by atoms with Gasteiger partial charge >= 0.3 is 0 Å². The van der Waals surface area contributed by atoms with Crippen LogP contribution in [0.5, 0.6) is 0 Å². The van der Waals surface area contributed by atoms with Crippen molar-refractivity contribution in [3.05, 3.63) is 30.1 Å². The van der Waals surface area contributed by atoms with Crippen molar-refractivity contribution in [1.29, 1.82) is 5.41 Å². The molecular formula is C22H32N6O. The number of nitrogens with one attached hydrogen (secondary N) is 2. The SMILES string of the molecule is CC(C)C(C)N1CCC(Cc2ccn3ncc(N4CCC(=O)NC4=N)c3c2)CC1. The summed E-state index contributed by atoms with van der Waals surface area (Å²) in [5.74, 6) is 1.45. The summed E-state index contributed by atoms with van der Waals surface area (Å²) >= 11 is 0. The lowest BCUT2D eigenvalue weighted by Crippen LogP contribution is -2.50. The molecule has 2 aliphatic rings. The van der Waals surface area contributed by atoms with Crippen molar-refractivity contribution in [3.8, 4) is 0 Å². The molecule has 0 radical (unpaired) electrons. The van der Waals surface area contributed by atoms with Crippen LogP contribution >= 0.6 is 0 Å². The Morgan fingerprint density at radius 3 is 2.69 bits per heavy atom. The summed E-state index contributed by atoms with van der Waals surface area (Å²) in [6.07, 6.45) is 7.77. The van der Waals surface area contributed by atoms with E-state index >= 15 is 0 Å². The second kappa shape index (κ2) is 8.14. The number of likely N-dealkylation sites (tertiary alicyclic amines) is 1. The van der Waals surface area contributed by atoms with Crippen molar-refractivity contribution >= 4 is 23.1 Å². The third kappa shape index (κ3) is 4.15. The zero-order chi connectivity index (χ0) is 20.5. The van der Waals surface area contributed by atoms with Crippen molar-refractivity contribution in [2.75, 3.05) is 24.5 Å². The summed E-state index contributed by atoms with van der Waals surface area (Å²) in [5.41, 5.74) is 3.20. The summed E-state index contributed by atoms with van der Waals surface area (Å²) < 4.78 is 1.86. The third-order valence-corrected chi connectivity index (χ3v) is 6.66. The fourth-order valence-corrected chi connectivity index (χ4v) is 4.49. The maximum absolute atomic E-state index is 11.5. The summed E-state index contributed by atoms with van der Waals surface area (Å²) in [4.78, 5) is 16.0. The summed E-state index contributed by atoms with van der Waals surface area (Å²) in [5, 5.41) is 15.2. The standard InChI is InChI=1S/C22H32N6O/c1-15(2)16(3)26-8-4-17(5-9-26)12-18-6-11-28-19(13-18)20(14-24-28)27-10-7-21(29)25-22(27)23/h6,11,13-17H,4-5,7-10,12H2,1-3H3,(H2,23,25,29). The van der Waals surface area contributed by atoms with Gasteiger partial charge in [0.1, 0.15) is 0 Å². The van der Waals surface area contributed by atoms with Crippen LogP contribution in [0.4, 0.5) is 5.69 Å². The number of hydrogen-bond donors (Lipinski definition) is 2. The van der Waals surface area contributed by atoms with E-state index in [0.29, 0.717) is 30.8 Å². The number of hydrogen-bond acceptors (Lipinski definition) is 4. The summed E-state index contributed by atoms with van der Waals surface area (Å²) in [7, 11) is 0. The maximum atomic E-state index is 11.5. The van der Waals surface area contributed by atoms with Gasteiger partial charge in [-0.15, -0.1) is 0 Å². The number of anilines is 1. The normalized spacial score (nSPS) is 20.5. The van der Waals surface area contributed by atoms with Crippen LogP contribution in [-0.4, -0.2) is 52.1 Å². The van der Waals surface area contributed by atoms with E-state index in [0.717, 1.165) is 17.6 Å². The molecule has 1 atom stereocenters. The second-order valence-corrected chi connectivity index (χ2v) is 8.86. The van der Waals surface area contributed by atoms with Crippen LogP contribution in [0, 0.1) is 17.2 Å². The number of guanidine groups is 1. The molecule has 4 rings (SSSR count). The van der Waals surface area contributed by atoms with E-state index < -0.39 is 0 Å². The summed E-state index contributed by atoms with van der Waals surface area (Å²) in [6.45, 7) is 9.86. The number of carbonyl (C=O) groups is 1. The van der Waals surface area contributed by atoms with Crippen molar-refractivity contribution in [2.45, 2.75) is 52.5 Å². The minimum absolute atomic E-state index is 0.0958. The highest BCUT2D eigenvalue weighted by molar-refractivity contribution is 6.08. The average Bonchev–Trinajstić information content (AvgIpc) is 3.11. The van der Waals surface area contributed by atoms with E-state index in [-0.39, 0.29) is 11.9 Å². The van der Waals surface area contributed by atoms with Crippen LogP contribution in [0.2, 0.25) is 0 Å². The maximum Gasteiger partial charge on any atom is 0.228 e. The van der Waals surface area contributed by atoms with Crippen LogP contribution in [0.1, 0.15) is 45.6 Å². The van der Waals surface area contributed by atoms with E-state index in [1.165, 1.54) is 31.5 Å². The van der Waals surface area contributed by atoms with Gasteiger partial charge in [-0.3, -0.25) is 15.5 Å². The fraction of sp³-hybridized carbons (Fsp3) is 0.591. The molecule has 0 spiro atoms. The van der Waals surface area contributed by atoms with Gasteiger partial charge in [0.25, 0.3) is 0 Å². The number of amides is 1. The van der Waals surface area contributed by atoms with Gasteiger partial charge in [0.15, 0.2) is 0 Å². The molecule has 7 heteroatoms. The van der Waals surface area contributed by atoms with Gasteiger partial charge < -0.3 is 9.80 Å². The number of rotatable bonds is 5. The van der Waals surface area contributed by atoms with Gasteiger partial charge in [-0.05, 0) is 68.8 Å². The Bertz CT molecular complexity index is 896. The van der Waals surface area contributed by atoms with Crippen LogP contribution in [0.25, 0.3) is 5.52 Å². The first-order valence-corrected chi connectivity index (χ1v) is 10.8. The first kappa shape index (κ1) is 19.9. The first-order valence-electron chi connectivity index (χ1n) is 10.8. The zero-order valence-electron chi connectivity index (χ0n) is 17.7. The smallest absolute Gasteiger partial charge is 0.228 e. The van der Waals surface area contributed by atoms with Gasteiger partial charge in [-0.1, -0.05) is 13.8 Å². The van der Waals surface area contributed by atoms with Crippen molar-refractivity contribution < 1.29 is 4.79 Å². The van der Waals surface area contributed by atoms with Gasteiger partial charge in [-0.2, -0.15) is 5.10 Å². The Kier molecular flexibility index (Phi) is 5.58. The fourth-order valence-electron chi connectivity index (χ4n) is 4.49. The van der Waals surface area contributed by atoms with Gasteiger partial charge in [0.2, 0.25) is 11.9 Å². The van der Waals surface area contributed by atoms with Crippen molar-refractivity contribution in [3.63, 3.8) is 0 Å². The lowest BCUT2D eigenvalue weighted by Gasteiger charge is -2.37. The molecule has 2 fully saturated rings. The molecule has 7 nitrogen and oxygen atoms in total. The molecule has 0 aliphatic carbocycles. The van der Waals surface area contributed by atoms with Crippen LogP contribution in [0.3, 0.4) is 0 Å². The number of aromatic nitrogens is 2. The molecule has 2 aromatic heterocycles. The second-order valence-electron chi connectivity index (χ2n) is 8.86. The lowest BCUT2D eigenvalue weighted by molar-refractivity contribution is -0.119. The molecule has 29 heavy (non-hydrogen) atoms. The van der Waals surface area contributed by atoms with Gasteiger partial charge in [0.05, 0.1) is 17.4 Å². The first-order chi connectivity index (χ1) is 13.9. The predicted octanol–water partition coefficient (Wildman–Crippen LogP) is 2.89. The number of piperidine rings is 1. The molecule has 0 aromatic carbocycles. The molecule has 2 aliphatic heterocycles. The quantitative estimate of drug-likeness (QED) is 0.815. The number of fused-ring (bicyclic) bond motifs is 1. The Balaban J connectivity index is 1.46. The Morgan fingerprint density at radius 1 is 1.24 bits per heavy atom. The Morgan fingerprint density at radius 2 is 2.00 bits per heavy atom. The highest BCUT2D eigenvalue weighted by Gasteiger charge is 2.26. The van der Waals surface area contributed by atoms with Crippen LogP contribution in [0.15, 0.2) is 24.5 Å². The summed E-state index contributed by atoms with van der Waals surface area (Å²) in [6, 6.07) is 5.02. The highest BCUT2D eigenvalue weighted by Crippen LogP contribution is 2.28. The van der Waals surface area contributed by atoms with E-state index in [4.69, 9.17) is 5.41 Å². The minimum atomic E-state index is -0.0958. The zero-order valence-corrected chi connectivity index (χ0v) is 17.7. The lowest BCUT2D eigenvalue weighted by atomic mass is 9.89. The van der Waals surface area contributed by atoms with Gasteiger partial charge in [0, 0.05) is 25.2 Å². The molecule has 1 unspecified atom stereocenters. The van der Waals surface area contributed by atoms with Crippen LogP contribution in [-0.2, 0) is 11.2 Å². The average molecular weight is 397 g/mol. The van der Waals surface area contributed by atoms with E-state index in [1.54, 1.807) is 6.20 Å². The molecular weight excluding hydrogens is 364 g/mol. The molecule has 2 aromatic rings. The highest BCUT2D eigenvalue weighted by atomic mass is 16.2. The number of nitrogens with zero attached hydrogens (tertiary/aromatic N) is 4. The van der Waals surface area contributed by atoms with E-state index in [1.807, 2.05) is 15.6 Å². The van der Waals surface area contributed by atoms with Crippen molar-refractivity contribution in [2.24, 2.45) is 11.8 Å². The molecule has 2 saturated heterocycles. The largest absolute Gasteiger partial charge is 0.309 e. The number of pyridine rings is 1. The molecule has 1 amide bonds. The molecule has 2 N–H and O–H groups in total. The molecule has 4 heterocycles.